The molecule has 1 N–H and O–H groups in total. The number of carbonyl (C=O) groups is 2. The van der Waals surface area contributed by atoms with Gasteiger partial charge in [0.05, 0.1) is 18.8 Å². The summed E-state index contributed by atoms with van der Waals surface area (Å²) in [5.74, 6) is -0.335. The summed E-state index contributed by atoms with van der Waals surface area (Å²) in [4.78, 5) is 29.5. The molecule has 0 spiro atoms. The van der Waals surface area contributed by atoms with Crippen LogP contribution in [0.2, 0.25) is 0 Å². The average Bonchev–Trinajstić information content (AvgIpc) is 3.28. The van der Waals surface area contributed by atoms with Crippen molar-refractivity contribution in [3.8, 4) is 0 Å². The molecule has 0 aliphatic carbocycles. The van der Waals surface area contributed by atoms with Gasteiger partial charge < -0.3 is 19.2 Å². The molecule has 2 aromatic rings. The maximum Gasteiger partial charge on any atom is 0.295 e. The molecule has 2 aliphatic heterocycles. The fourth-order valence-electron chi connectivity index (χ4n) is 3.83. The number of hydrogen-bond donors (Lipinski definition) is 1. The van der Waals surface area contributed by atoms with Crippen LogP contribution < -0.4 is 0 Å². The fraction of sp³-hybridized carbons (Fsp3) is 0.364. The lowest BCUT2D eigenvalue weighted by molar-refractivity contribution is -0.140. The second-order valence-electron chi connectivity index (χ2n) is 7.26. The summed E-state index contributed by atoms with van der Waals surface area (Å²) in [6, 6.07) is 11.6. The molecule has 0 radical (unpaired) electrons. The SMILES string of the molecule is Cc1ccc([C@H]2C(=C(O)c3ccccc3)C(=O)C(=O)N2CCN2CCOCC2)o1. The van der Waals surface area contributed by atoms with Gasteiger partial charge in [-0.05, 0) is 19.1 Å². The Kier molecular flexibility index (Phi) is 5.51. The largest absolute Gasteiger partial charge is 0.507 e. The molecule has 3 heterocycles. The molecule has 4 rings (SSSR count). The molecule has 0 saturated carbocycles. The third-order valence-corrected chi connectivity index (χ3v) is 5.38. The molecule has 7 heteroatoms. The van der Waals surface area contributed by atoms with E-state index < -0.39 is 17.7 Å². The number of morpholine rings is 1. The highest BCUT2D eigenvalue weighted by molar-refractivity contribution is 6.46. The van der Waals surface area contributed by atoms with Gasteiger partial charge in [-0.15, -0.1) is 0 Å². The third kappa shape index (κ3) is 3.83. The number of benzene rings is 1. The fourth-order valence-corrected chi connectivity index (χ4v) is 3.83. The Bertz CT molecular complexity index is 928. The van der Waals surface area contributed by atoms with Crippen LogP contribution in [0, 0.1) is 6.92 Å². The first-order valence-electron chi connectivity index (χ1n) is 9.76. The predicted octanol–water partition coefficient (Wildman–Crippen LogP) is 2.34. The topological polar surface area (TPSA) is 83.2 Å². The van der Waals surface area contributed by atoms with E-state index in [-0.39, 0.29) is 11.3 Å². The Morgan fingerprint density at radius 1 is 1.07 bits per heavy atom. The van der Waals surface area contributed by atoms with Crippen molar-refractivity contribution in [3.63, 3.8) is 0 Å². The first kappa shape index (κ1) is 19.4. The Balaban J connectivity index is 1.70. The summed E-state index contributed by atoms with van der Waals surface area (Å²) in [5.41, 5.74) is 0.560. The van der Waals surface area contributed by atoms with Gasteiger partial charge in [-0.25, -0.2) is 0 Å². The van der Waals surface area contributed by atoms with Crippen LogP contribution in [-0.2, 0) is 14.3 Å². The number of aliphatic hydroxyl groups is 1. The highest BCUT2D eigenvalue weighted by atomic mass is 16.5. The minimum absolute atomic E-state index is 0.0672. The average molecular weight is 396 g/mol. The van der Waals surface area contributed by atoms with Crippen molar-refractivity contribution in [2.75, 3.05) is 39.4 Å². The lowest BCUT2D eigenvalue weighted by atomic mass is 9.99. The summed E-state index contributed by atoms with van der Waals surface area (Å²) in [6.07, 6.45) is 0. The number of aliphatic hydroxyl groups excluding tert-OH is 1. The van der Waals surface area contributed by atoms with Crippen molar-refractivity contribution in [2.45, 2.75) is 13.0 Å². The van der Waals surface area contributed by atoms with Gasteiger partial charge in [-0.1, -0.05) is 30.3 Å². The van der Waals surface area contributed by atoms with E-state index in [4.69, 9.17) is 9.15 Å². The minimum atomic E-state index is -0.745. The molecule has 0 unspecified atom stereocenters. The normalized spacial score (nSPS) is 22.4. The number of Topliss-reactive ketones (excluding diaryl/α,β-unsaturated/α-hetero) is 1. The number of hydrogen-bond acceptors (Lipinski definition) is 6. The van der Waals surface area contributed by atoms with E-state index in [0.29, 0.717) is 43.4 Å². The van der Waals surface area contributed by atoms with Crippen LogP contribution in [0.1, 0.15) is 23.1 Å². The number of furan rings is 1. The molecule has 0 bridgehead atoms. The van der Waals surface area contributed by atoms with E-state index >= 15 is 0 Å². The number of ether oxygens (including phenoxy) is 1. The first-order chi connectivity index (χ1) is 14.1. The number of ketones is 1. The Morgan fingerprint density at radius 3 is 2.45 bits per heavy atom. The zero-order valence-electron chi connectivity index (χ0n) is 16.3. The summed E-state index contributed by atoms with van der Waals surface area (Å²) < 4.78 is 11.1. The Morgan fingerprint density at radius 2 is 1.79 bits per heavy atom. The smallest absolute Gasteiger partial charge is 0.295 e. The number of likely N-dealkylation sites (tertiary alicyclic amines) is 1. The molecule has 1 aromatic heterocycles. The molecule has 2 aliphatic rings. The van der Waals surface area contributed by atoms with Gasteiger partial charge in [0.15, 0.2) is 0 Å². The van der Waals surface area contributed by atoms with Crippen molar-refractivity contribution in [3.05, 3.63) is 65.1 Å². The summed E-state index contributed by atoms with van der Waals surface area (Å²) in [6.45, 7) is 5.69. The molecule has 2 fully saturated rings. The van der Waals surface area contributed by atoms with E-state index in [1.54, 1.807) is 43.3 Å². The molecule has 1 aromatic carbocycles. The van der Waals surface area contributed by atoms with Gasteiger partial charge in [-0.3, -0.25) is 14.5 Å². The van der Waals surface area contributed by atoms with Gasteiger partial charge in [-0.2, -0.15) is 0 Å². The standard InChI is InChI=1S/C22H24N2O5/c1-15-7-8-17(29-15)19-18(20(25)16-5-3-2-4-6-16)21(26)22(27)24(19)10-9-23-11-13-28-14-12-23/h2-8,19,25H,9-14H2,1H3/t19-/m0/s1. The number of rotatable bonds is 5. The van der Waals surface area contributed by atoms with Crippen LogP contribution in [0.4, 0.5) is 0 Å². The van der Waals surface area contributed by atoms with E-state index in [9.17, 15) is 14.7 Å². The number of amides is 1. The van der Waals surface area contributed by atoms with Crippen LogP contribution in [0.5, 0.6) is 0 Å². The molecule has 152 valence electrons. The number of carbonyl (C=O) groups excluding carboxylic acids is 2. The zero-order chi connectivity index (χ0) is 20.4. The molecular formula is C22H24N2O5. The van der Waals surface area contributed by atoms with Crippen LogP contribution >= 0.6 is 0 Å². The Labute approximate surface area is 169 Å². The van der Waals surface area contributed by atoms with E-state index in [1.165, 1.54) is 4.90 Å². The molecular weight excluding hydrogens is 372 g/mol. The van der Waals surface area contributed by atoms with Gasteiger partial charge in [0.2, 0.25) is 0 Å². The van der Waals surface area contributed by atoms with Gasteiger partial charge in [0.1, 0.15) is 23.3 Å². The highest BCUT2D eigenvalue weighted by Gasteiger charge is 2.47. The van der Waals surface area contributed by atoms with Gasteiger partial charge in [0.25, 0.3) is 11.7 Å². The van der Waals surface area contributed by atoms with Crippen LogP contribution in [0.15, 0.2) is 52.5 Å². The molecule has 7 nitrogen and oxygen atoms in total. The number of aryl methyl sites for hydroxylation is 1. The summed E-state index contributed by atoms with van der Waals surface area (Å²) in [5, 5.41) is 10.9. The maximum absolute atomic E-state index is 12.9. The highest BCUT2D eigenvalue weighted by Crippen LogP contribution is 2.39. The van der Waals surface area contributed by atoms with Crippen LogP contribution in [0.3, 0.4) is 0 Å². The molecule has 1 amide bonds. The Hall–Kier alpha value is -2.90. The van der Waals surface area contributed by atoms with E-state index in [0.717, 1.165) is 13.1 Å². The molecule has 29 heavy (non-hydrogen) atoms. The number of nitrogens with zero attached hydrogens (tertiary/aromatic N) is 2. The van der Waals surface area contributed by atoms with Crippen molar-refractivity contribution in [1.82, 2.24) is 9.80 Å². The predicted molar refractivity (Wildman–Crippen MR) is 106 cm³/mol. The van der Waals surface area contributed by atoms with Gasteiger partial charge >= 0.3 is 0 Å². The van der Waals surface area contributed by atoms with Crippen molar-refractivity contribution >= 4 is 17.4 Å². The van der Waals surface area contributed by atoms with E-state index in [1.807, 2.05) is 6.07 Å². The van der Waals surface area contributed by atoms with E-state index in [2.05, 4.69) is 4.90 Å². The molecule has 2 saturated heterocycles. The minimum Gasteiger partial charge on any atom is -0.507 e. The van der Waals surface area contributed by atoms with Crippen molar-refractivity contribution < 1.29 is 23.8 Å². The molecule has 1 atom stereocenters. The van der Waals surface area contributed by atoms with Crippen molar-refractivity contribution in [1.29, 1.82) is 0 Å². The first-order valence-corrected chi connectivity index (χ1v) is 9.76. The second kappa shape index (κ2) is 8.23. The zero-order valence-corrected chi connectivity index (χ0v) is 16.3. The summed E-state index contributed by atoms with van der Waals surface area (Å²) in [7, 11) is 0. The van der Waals surface area contributed by atoms with Gasteiger partial charge in [0, 0.05) is 31.7 Å². The lowest BCUT2D eigenvalue weighted by Crippen LogP contribution is -2.42. The lowest BCUT2D eigenvalue weighted by Gasteiger charge is -2.30. The maximum atomic E-state index is 12.9. The van der Waals surface area contributed by atoms with Crippen LogP contribution in [0.25, 0.3) is 5.76 Å². The van der Waals surface area contributed by atoms with Crippen LogP contribution in [-0.4, -0.2) is 66.0 Å². The quantitative estimate of drug-likeness (QED) is 0.475. The summed E-state index contributed by atoms with van der Waals surface area (Å²) >= 11 is 0. The second-order valence-corrected chi connectivity index (χ2v) is 7.26. The third-order valence-electron chi connectivity index (χ3n) is 5.38. The van der Waals surface area contributed by atoms with Crippen molar-refractivity contribution in [2.24, 2.45) is 0 Å². The monoisotopic (exact) mass is 396 g/mol.